The van der Waals surface area contributed by atoms with Crippen LogP contribution in [0.1, 0.15) is 24.8 Å². The Hall–Kier alpha value is -1.75. The quantitative estimate of drug-likeness (QED) is 0.834. The fourth-order valence-electron chi connectivity index (χ4n) is 3.56. The van der Waals surface area contributed by atoms with Gasteiger partial charge in [-0.25, -0.2) is 4.79 Å². The summed E-state index contributed by atoms with van der Waals surface area (Å²) in [5.74, 6) is 0.200. The first-order chi connectivity index (χ1) is 11.0. The molecule has 6 heteroatoms. The lowest BCUT2D eigenvalue weighted by atomic mass is 9.78. The highest BCUT2D eigenvalue weighted by molar-refractivity contribution is 6.30. The van der Waals surface area contributed by atoms with Crippen LogP contribution >= 0.6 is 11.6 Å². The lowest BCUT2D eigenvalue weighted by molar-refractivity contribution is -0.128. The molecule has 0 radical (unpaired) electrons. The number of likely N-dealkylation sites (tertiary alicyclic amines) is 2. The van der Waals surface area contributed by atoms with E-state index in [4.69, 9.17) is 16.3 Å². The molecule has 2 heterocycles. The monoisotopic (exact) mass is 336 g/mol. The average Bonchev–Trinajstić information content (AvgIpc) is 2.85. The van der Waals surface area contributed by atoms with E-state index in [0.29, 0.717) is 31.1 Å². The van der Waals surface area contributed by atoms with Gasteiger partial charge in [-0.2, -0.15) is 0 Å². The van der Waals surface area contributed by atoms with Crippen molar-refractivity contribution in [1.82, 2.24) is 9.80 Å². The normalized spacial score (nSPS) is 20.2. The van der Waals surface area contributed by atoms with Crippen LogP contribution in [0.3, 0.4) is 0 Å². The molecule has 0 saturated carbocycles. The van der Waals surface area contributed by atoms with Crippen LogP contribution in [0, 0.1) is 5.41 Å². The third-order valence-electron chi connectivity index (χ3n) is 4.95. The van der Waals surface area contributed by atoms with Crippen molar-refractivity contribution in [3.05, 3.63) is 34.9 Å². The SMILES string of the molecule is COC(=O)N1CCC2(CC1)CC(=O)N(Cc1ccc(Cl)cc1)C2. The van der Waals surface area contributed by atoms with Crippen molar-refractivity contribution in [1.29, 1.82) is 0 Å². The van der Waals surface area contributed by atoms with Gasteiger partial charge in [0.25, 0.3) is 0 Å². The molecule has 124 valence electrons. The van der Waals surface area contributed by atoms with E-state index in [2.05, 4.69) is 0 Å². The minimum Gasteiger partial charge on any atom is -0.453 e. The van der Waals surface area contributed by atoms with Gasteiger partial charge in [0.2, 0.25) is 5.91 Å². The zero-order valence-electron chi connectivity index (χ0n) is 13.3. The van der Waals surface area contributed by atoms with Gasteiger partial charge in [-0.15, -0.1) is 0 Å². The van der Waals surface area contributed by atoms with E-state index >= 15 is 0 Å². The molecule has 2 fully saturated rings. The van der Waals surface area contributed by atoms with Crippen LogP contribution in [-0.4, -0.2) is 48.5 Å². The van der Waals surface area contributed by atoms with Gasteiger partial charge in [0.15, 0.2) is 0 Å². The predicted octanol–water partition coefficient (Wildman–Crippen LogP) is 2.92. The molecule has 0 atom stereocenters. The number of nitrogens with zero attached hydrogens (tertiary/aromatic N) is 2. The number of methoxy groups -OCH3 is 1. The second-order valence-electron chi connectivity index (χ2n) is 6.51. The van der Waals surface area contributed by atoms with E-state index in [1.54, 1.807) is 4.90 Å². The van der Waals surface area contributed by atoms with Crippen LogP contribution in [0.25, 0.3) is 0 Å². The molecule has 2 amide bonds. The van der Waals surface area contributed by atoms with Gasteiger partial charge in [-0.05, 0) is 30.5 Å². The smallest absolute Gasteiger partial charge is 0.409 e. The van der Waals surface area contributed by atoms with Crippen LogP contribution in [0.5, 0.6) is 0 Å². The summed E-state index contributed by atoms with van der Waals surface area (Å²) in [5.41, 5.74) is 1.10. The topological polar surface area (TPSA) is 49.9 Å². The van der Waals surface area contributed by atoms with Crippen LogP contribution in [0.2, 0.25) is 5.02 Å². The molecular weight excluding hydrogens is 316 g/mol. The Labute approximate surface area is 141 Å². The van der Waals surface area contributed by atoms with Crippen molar-refractivity contribution < 1.29 is 14.3 Å². The molecule has 2 saturated heterocycles. The van der Waals surface area contributed by atoms with Gasteiger partial charge in [-0.3, -0.25) is 4.79 Å². The number of carbonyl (C=O) groups excluding carboxylic acids is 2. The van der Waals surface area contributed by atoms with Gasteiger partial charge in [-0.1, -0.05) is 23.7 Å². The van der Waals surface area contributed by atoms with E-state index in [1.165, 1.54) is 7.11 Å². The molecule has 0 unspecified atom stereocenters. The number of piperidine rings is 1. The van der Waals surface area contributed by atoms with E-state index in [1.807, 2.05) is 29.2 Å². The summed E-state index contributed by atoms with van der Waals surface area (Å²) in [6.07, 6.45) is 2.01. The van der Waals surface area contributed by atoms with Gasteiger partial charge >= 0.3 is 6.09 Å². The summed E-state index contributed by atoms with van der Waals surface area (Å²) in [7, 11) is 1.40. The number of carbonyl (C=O) groups is 2. The highest BCUT2D eigenvalue weighted by Gasteiger charge is 2.45. The van der Waals surface area contributed by atoms with Crippen molar-refractivity contribution in [2.75, 3.05) is 26.7 Å². The number of rotatable bonds is 2. The highest BCUT2D eigenvalue weighted by atomic mass is 35.5. The Balaban J connectivity index is 1.61. The van der Waals surface area contributed by atoms with Crippen LogP contribution < -0.4 is 0 Å². The molecule has 1 spiro atoms. The summed E-state index contributed by atoms with van der Waals surface area (Å²) in [4.78, 5) is 27.6. The molecule has 0 aromatic heterocycles. The maximum atomic E-state index is 12.4. The van der Waals surface area contributed by atoms with Gasteiger partial charge < -0.3 is 14.5 Å². The minimum atomic E-state index is -0.276. The third-order valence-corrected chi connectivity index (χ3v) is 5.20. The minimum absolute atomic E-state index is 0.00797. The molecule has 0 aliphatic carbocycles. The molecule has 2 aliphatic rings. The van der Waals surface area contributed by atoms with Crippen molar-refractivity contribution in [2.24, 2.45) is 5.41 Å². The lowest BCUT2D eigenvalue weighted by Crippen LogP contribution is -2.44. The zero-order valence-corrected chi connectivity index (χ0v) is 14.0. The number of halogens is 1. The summed E-state index contributed by atoms with van der Waals surface area (Å²) < 4.78 is 4.77. The Morgan fingerprint density at radius 3 is 2.52 bits per heavy atom. The van der Waals surface area contributed by atoms with E-state index in [9.17, 15) is 9.59 Å². The van der Waals surface area contributed by atoms with Crippen molar-refractivity contribution in [2.45, 2.75) is 25.8 Å². The number of hydrogen-bond donors (Lipinski definition) is 0. The number of amides is 2. The summed E-state index contributed by atoms with van der Waals surface area (Å²) in [5, 5.41) is 0.702. The number of hydrogen-bond acceptors (Lipinski definition) is 3. The number of benzene rings is 1. The van der Waals surface area contributed by atoms with Crippen LogP contribution in [0.4, 0.5) is 4.79 Å². The molecule has 1 aromatic carbocycles. The van der Waals surface area contributed by atoms with Crippen LogP contribution in [0.15, 0.2) is 24.3 Å². The first-order valence-corrected chi connectivity index (χ1v) is 8.24. The second kappa shape index (κ2) is 6.40. The van der Waals surface area contributed by atoms with Crippen LogP contribution in [-0.2, 0) is 16.1 Å². The van der Waals surface area contributed by atoms with Crippen molar-refractivity contribution >= 4 is 23.6 Å². The van der Waals surface area contributed by atoms with Crippen molar-refractivity contribution in [3.8, 4) is 0 Å². The first-order valence-electron chi connectivity index (χ1n) is 7.86. The average molecular weight is 337 g/mol. The fourth-order valence-corrected chi connectivity index (χ4v) is 3.69. The molecule has 0 N–H and O–H groups in total. The fraction of sp³-hybridized carbons (Fsp3) is 0.529. The largest absolute Gasteiger partial charge is 0.453 e. The summed E-state index contributed by atoms with van der Waals surface area (Å²) in [6, 6.07) is 7.62. The van der Waals surface area contributed by atoms with Gasteiger partial charge in [0.05, 0.1) is 7.11 Å². The molecule has 23 heavy (non-hydrogen) atoms. The first kappa shape index (κ1) is 16.1. The second-order valence-corrected chi connectivity index (χ2v) is 6.95. The summed E-state index contributed by atoms with van der Waals surface area (Å²) >= 11 is 5.90. The van der Waals surface area contributed by atoms with Gasteiger partial charge in [0.1, 0.15) is 0 Å². The predicted molar refractivity (Wildman–Crippen MR) is 87.1 cm³/mol. The lowest BCUT2D eigenvalue weighted by Gasteiger charge is -2.38. The Kier molecular flexibility index (Phi) is 4.48. The Bertz CT molecular complexity index is 594. The van der Waals surface area contributed by atoms with Crippen molar-refractivity contribution in [3.63, 3.8) is 0 Å². The maximum absolute atomic E-state index is 12.4. The highest BCUT2D eigenvalue weighted by Crippen LogP contribution is 2.41. The Morgan fingerprint density at radius 1 is 1.26 bits per heavy atom. The zero-order chi connectivity index (χ0) is 16.4. The maximum Gasteiger partial charge on any atom is 0.409 e. The number of ether oxygens (including phenoxy) is 1. The molecule has 0 bridgehead atoms. The third kappa shape index (κ3) is 3.44. The summed E-state index contributed by atoms with van der Waals surface area (Å²) in [6.45, 7) is 2.71. The van der Waals surface area contributed by atoms with E-state index < -0.39 is 0 Å². The molecule has 2 aliphatic heterocycles. The Morgan fingerprint density at radius 2 is 1.91 bits per heavy atom. The molecule has 3 rings (SSSR count). The molecular formula is C17H21ClN2O3. The molecule has 1 aromatic rings. The van der Waals surface area contributed by atoms with E-state index in [-0.39, 0.29) is 17.4 Å². The molecule has 5 nitrogen and oxygen atoms in total. The standard InChI is InChI=1S/C17H21ClN2O3/c1-23-16(22)19-8-6-17(7-9-19)10-15(21)20(12-17)11-13-2-4-14(18)5-3-13/h2-5H,6-12H2,1H3. The van der Waals surface area contributed by atoms with Gasteiger partial charge in [0, 0.05) is 43.0 Å². The van der Waals surface area contributed by atoms with E-state index in [0.717, 1.165) is 24.9 Å².